The summed E-state index contributed by atoms with van der Waals surface area (Å²) < 4.78 is 20.5. The van der Waals surface area contributed by atoms with Gasteiger partial charge < -0.3 is 29.7 Å². The second kappa shape index (κ2) is 16.5. The van der Waals surface area contributed by atoms with Crippen molar-refractivity contribution in [3.05, 3.63) is 96.6 Å². The van der Waals surface area contributed by atoms with Gasteiger partial charge in [0.05, 0.1) is 29.7 Å². The average molecular weight is 749 g/mol. The molecule has 3 unspecified atom stereocenters. The predicted octanol–water partition coefficient (Wildman–Crippen LogP) is 6.03. The SMILES string of the molecule is CC(C)(C)OC(=O)NC1CC(n2cc(-c3ccc(NC(=O)c4cccc(-c5ccnn5C5CCCCO5)n4)nc3)nn2)CN(C(=O)OCc2ccccc2)C1. The highest BCUT2D eigenvalue weighted by atomic mass is 16.6. The first kappa shape index (κ1) is 37.2. The molecule has 2 aliphatic heterocycles. The van der Waals surface area contributed by atoms with E-state index < -0.39 is 29.7 Å². The van der Waals surface area contributed by atoms with Crippen LogP contribution in [0.1, 0.15) is 74.8 Å². The molecule has 2 N–H and O–H groups in total. The lowest BCUT2D eigenvalue weighted by Gasteiger charge is -2.37. The molecule has 16 heteroatoms. The molecule has 0 aliphatic carbocycles. The van der Waals surface area contributed by atoms with Crippen LogP contribution in [0.4, 0.5) is 15.4 Å². The van der Waals surface area contributed by atoms with E-state index >= 15 is 0 Å². The molecule has 3 amide bonds. The lowest BCUT2D eigenvalue weighted by atomic mass is 10.0. The Balaban J connectivity index is 1.01. The van der Waals surface area contributed by atoms with Gasteiger partial charge in [0.2, 0.25) is 0 Å². The molecule has 16 nitrogen and oxygen atoms in total. The Bertz CT molecular complexity index is 2090. The van der Waals surface area contributed by atoms with Gasteiger partial charge in [-0.15, -0.1) is 5.10 Å². The summed E-state index contributed by atoms with van der Waals surface area (Å²) in [7, 11) is 0. The van der Waals surface area contributed by atoms with Crippen molar-refractivity contribution in [1.29, 1.82) is 0 Å². The molecule has 3 atom stereocenters. The highest BCUT2D eigenvalue weighted by Gasteiger charge is 2.34. The second-order valence-electron chi connectivity index (χ2n) is 14.5. The topological polar surface area (TPSA) is 181 Å². The number of anilines is 1. The molecular weight excluding hydrogens is 704 g/mol. The van der Waals surface area contributed by atoms with Gasteiger partial charge in [0.25, 0.3) is 5.91 Å². The van der Waals surface area contributed by atoms with Crippen LogP contribution < -0.4 is 10.6 Å². The Labute approximate surface area is 318 Å². The van der Waals surface area contributed by atoms with Crippen LogP contribution in [0.25, 0.3) is 22.6 Å². The Morgan fingerprint density at radius 2 is 1.82 bits per heavy atom. The number of alkyl carbamates (subject to hydrolysis) is 1. The van der Waals surface area contributed by atoms with E-state index in [0.717, 1.165) is 30.5 Å². The number of likely N-dealkylation sites (tertiary alicyclic amines) is 1. The number of hydrogen-bond acceptors (Lipinski definition) is 11. The van der Waals surface area contributed by atoms with Crippen molar-refractivity contribution >= 4 is 23.9 Å². The van der Waals surface area contributed by atoms with Crippen molar-refractivity contribution in [2.45, 2.75) is 77.0 Å². The van der Waals surface area contributed by atoms with Crippen molar-refractivity contribution < 1.29 is 28.6 Å². The minimum Gasteiger partial charge on any atom is -0.445 e. The van der Waals surface area contributed by atoms with Gasteiger partial charge in [0.1, 0.15) is 29.4 Å². The van der Waals surface area contributed by atoms with E-state index in [9.17, 15) is 14.4 Å². The Morgan fingerprint density at radius 1 is 0.964 bits per heavy atom. The van der Waals surface area contributed by atoms with Crippen LogP contribution in [0, 0.1) is 0 Å². The minimum atomic E-state index is -0.683. The van der Waals surface area contributed by atoms with Crippen LogP contribution >= 0.6 is 0 Å². The highest BCUT2D eigenvalue weighted by molar-refractivity contribution is 6.02. The van der Waals surface area contributed by atoms with Crippen molar-refractivity contribution in [1.82, 2.24) is 45.0 Å². The number of nitrogens with one attached hydrogen (secondary N) is 2. The molecular formula is C39H44N10O6. The highest BCUT2D eigenvalue weighted by Crippen LogP contribution is 2.28. The molecule has 2 aliphatic rings. The van der Waals surface area contributed by atoms with Crippen molar-refractivity contribution in [2.24, 2.45) is 0 Å². The quantitative estimate of drug-likeness (QED) is 0.180. The smallest absolute Gasteiger partial charge is 0.410 e. The number of benzene rings is 1. The van der Waals surface area contributed by atoms with E-state index in [0.29, 0.717) is 35.8 Å². The monoisotopic (exact) mass is 748 g/mol. The van der Waals surface area contributed by atoms with Crippen LogP contribution in [-0.4, -0.2) is 89.1 Å². The number of carbonyl (C=O) groups is 3. The van der Waals surface area contributed by atoms with E-state index in [1.807, 2.05) is 47.1 Å². The first-order chi connectivity index (χ1) is 26.6. The fourth-order valence-corrected chi connectivity index (χ4v) is 6.56. The predicted molar refractivity (Wildman–Crippen MR) is 201 cm³/mol. The van der Waals surface area contributed by atoms with Gasteiger partial charge in [-0.05, 0) is 82.3 Å². The number of aromatic nitrogens is 7. The summed E-state index contributed by atoms with van der Waals surface area (Å²) in [5.41, 5.74) is 3.01. The van der Waals surface area contributed by atoms with Crippen LogP contribution in [0.3, 0.4) is 0 Å². The molecule has 0 saturated carbocycles. The Hall–Kier alpha value is -6.16. The lowest BCUT2D eigenvalue weighted by molar-refractivity contribution is -0.0384. The first-order valence-electron chi connectivity index (χ1n) is 18.4. The molecule has 4 aromatic heterocycles. The van der Waals surface area contributed by atoms with E-state index in [1.165, 1.54) is 0 Å². The van der Waals surface area contributed by atoms with Crippen LogP contribution in [0.15, 0.2) is 85.3 Å². The third-order valence-electron chi connectivity index (χ3n) is 9.14. The third kappa shape index (κ3) is 9.51. The Morgan fingerprint density at radius 3 is 2.58 bits per heavy atom. The third-order valence-corrected chi connectivity index (χ3v) is 9.14. The van der Waals surface area contributed by atoms with Crippen LogP contribution in [0.5, 0.6) is 0 Å². The molecule has 2 fully saturated rings. The second-order valence-corrected chi connectivity index (χ2v) is 14.5. The van der Waals surface area contributed by atoms with Gasteiger partial charge in [-0.25, -0.2) is 28.9 Å². The summed E-state index contributed by atoms with van der Waals surface area (Å²) in [6.07, 6.45) is 7.26. The molecule has 6 heterocycles. The number of nitrogens with zero attached hydrogens (tertiary/aromatic N) is 8. The normalized spacial score (nSPS) is 18.7. The zero-order valence-electron chi connectivity index (χ0n) is 31.0. The minimum absolute atomic E-state index is 0.119. The molecule has 0 bridgehead atoms. The summed E-state index contributed by atoms with van der Waals surface area (Å²) in [5, 5.41) is 18.9. The fraction of sp³-hybridized carbons (Fsp3) is 0.385. The maximum Gasteiger partial charge on any atom is 0.410 e. The summed E-state index contributed by atoms with van der Waals surface area (Å²) in [6, 6.07) is 19.3. The molecule has 7 rings (SSSR count). The summed E-state index contributed by atoms with van der Waals surface area (Å²) in [6.45, 7) is 6.70. The lowest BCUT2D eigenvalue weighted by Crippen LogP contribution is -2.53. The summed E-state index contributed by atoms with van der Waals surface area (Å²) >= 11 is 0. The fourth-order valence-electron chi connectivity index (χ4n) is 6.56. The molecule has 55 heavy (non-hydrogen) atoms. The standard InChI is InChI=1S/C39H44N10O6/c1-39(2,3)55-37(51)42-28-20-29(23-47(22-28)38(52)54-25-26-10-5-4-6-11-26)48-24-32(45-46-48)27-15-16-34(40-21-27)44-36(50)31-13-9-12-30(43-31)33-17-18-41-49(33)35-14-7-8-19-53-35/h4-6,9-13,15-18,21,24,28-29,35H,7-8,14,19-20,22-23,25H2,1-3H3,(H,42,51)(H,40,44,50). The van der Waals surface area contributed by atoms with Crippen molar-refractivity contribution in [2.75, 3.05) is 25.0 Å². The van der Waals surface area contributed by atoms with Gasteiger partial charge in [0.15, 0.2) is 6.23 Å². The molecule has 0 radical (unpaired) electrons. The number of carbonyl (C=O) groups excluding carboxylic acids is 3. The summed E-state index contributed by atoms with van der Waals surface area (Å²) in [4.78, 5) is 49.8. The van der Waals surface area contributed by atoms with E-state index in [1.54, 1.807) is 73.2 Å². The zero-order valence-corrected chi connectivity index (χ0v) is 31.0. The number of rotatable bonds is 9. The molecule has 2 saturated heterocycles. The summed E-state index contributed by atoms with van der Waals surface area (Å²) in [5.74, 6) is -0.0753. The van der Waals surface area contributed by atoms with Crippen LogP contribution in [-0.2, 0) is 20.8 Å². The molecule has 0 spiro atoms. The van der Waals surface area contributed by atoms with E-state index in [-0.39, 0.29) is 37.7 Å². The molecule has 286 valence electrons. The number of piperidine rings is 1. The number of ether oxygens (including phenoxy) is 3. The van der Waals surface area contributed by atoms with Gasteiger partial charge in [-0.3, -0.25) is 4.79 Å². The number of amides is 3. The maximum atomic E-state index is 13.2. The van der Waals surface area contributed by atoms with E-state index in [4.69, 9.17) is 14.2 Å². The number of hydrogen-bond donors (Lipinski definition) is 2. The maximum absolute atomic E-state index is 13.2. The average Bonchev–Trinajstić information content (AvgIpc) is 3.89. The van der Waals surface area contributed by atoms with Gasteiger partial charge >= 0.3 is 12.2 Å². The zero-order chi connectivity index (χ0) is 38.4. The van der Waals surface area contributed by atoms with Crippen LogP contribution in [0.2, 0.25) is 0 Å². The number of pyridine rings is 2. The van der Waals surface area contributed by atoms with Gasteiger partial charge in [0, 0.05) is 37.7 Å². The first-order valence-corrected chi connectivity index (χ1v) is 18.4. The van der Waals surface area contributed by atoms with Gasteiger partial charge in [-0.1, -0.05) is 41.6 Å². The van der Waals surface area contributed by atoms with Crippen molar-refractivity contribution in [3.63, 3.8) is 0 Å². The largest absolute Gasteiger partial charge is 0.445 e. The van der Waals surface area contributed by atoms with Crippen molar-refractivity contribution in [3.8, 4) is 22.6 Å². The van der Waals surface area contributed by atoms with Gasteiger partial charge in [-0.2, -0.15) is 5.10 Å². The molecule has 5 aromatic rings. The Kier molecular flexibility index (Phi) is 11.1. The molecule has 1 aromatic carbocycles. The van der Waals surface area contributed by atoms with E-state index in [2.05, 4.69) is 36.0 Å².